The molecule has 0 saturated heterocycles. The van der Waals surface area contributed by atoms with E-state index in [4.69, 9.17) is 4.98 Å². The van der Waals surface area contributed by atoms with Gasteiger partial charge in [-0.15, -0.1) is 0 Å². The van der Waals surface area contributed by atoms with Gasteiger partial charge in [0.25, 0.3) is 0 Å². The fourth-order valence-electron chi connectivity index (χ4n) is 5.52. The molecule has 0 amide bonds. The van der Waals surface area contributed by atoms with Crippen molar-refractivity contribution in [2.24, 2.45) is 0 Å². The van der Waals surface area contributed by atoms with Crippen molar-refractivity contribution in [3.8, 4) is 12.0 Å². The molecule has 0 fully saturated rings. The lowest BCUT2D eigenvalue weighted by molar-refractivity contribution is 0.147. The maximum absolute atomic E-state index is 14.1. The maximum atomic E-state index is 14.1. The Morgan fingerprint density at radius 2 is 1.82 bits per heavy atom. The number of benzene rings is 2. The number of hydrogen-bond acceptors (Lipinski definition) is 7. The quantitative estimate of drug-likeness (QED) is 0.380. The van der Waals surface area contributed by atoms with Gasteiger partial charge in [0.15, 0.2) is 5.65 Å². The summed E-state index contributed by atoms with van der Waals surface area (Å²) in [5, 5.41) is 20.1. The first kappa shape index (κ1) is 23.0. The predicted octanol–water partition coefficient (Wildman–Crippen LogP) is 3.66. The van der Waals surface area contributed by atoms with E-state index in [1.54, 1.807) is 56.8 Å². The van der Waals surface area contributed by atoms with Gasteiger partial charge >= 0.3 is 5.69 Å². The van der Waals surface area contributed by atoms with Crippen molar-refractivity contribution in [3.05, 3.63) is 112 Å². The molecule has 4 aromatic heterocycles. The van der Waals surface area contributed by atoms with Crippen molar-refractivity contribution in [2.45, 2.75) is 31.5 Å². The lowest BCUT2D eigenvalue weighted by atomic mass is 9.85. The molecule has 7 rings (SSSR count). The third kappa shape index (κ3) is 3.71. The van der Waals surface area contributed by atoms with Crippen molar-refractivity contribution in [1.82, 2.24) is 33.6 Å². The molecule has 10 heteroatoms. The number of hydrogen-bond donors (Lipinski definition) is 1. The summed E-state index contributed by atoms with van der Waals surface area (Å²) >= 11 is 0. The van der Waals surface area contributed by atoms with Crippen LogP contribution in [0.3, 0.4) is 0 Å². The number of rotatable bonds is 4. The van der Waals surface area contributed by atoms with Crippen LogP contribution in [-0.2, 0) is 6.54 Å². The molecule has 0 aliphatic heterocycles. The smallest absolute Gasteiger partial charge is 0.331 e. The fourth-order valence-corrected chi connectivity index (χ4v) is 5.52. The molecule has 0 saturated carbocycles. The molecule has 0 bridgehead atoms. The van der Waals surface area contributed by atoms with Gasteiger partial charge in [0.05, 0.1) is 47.6 Å². The van der Waals surface area contributed by atoms with Crippen LogP contribution in [0.4, 0.5) is 0 Å². The highest BCUT2D eigenvalue weighted by Gasteiger charge is 2.31. The Morgan fingerprint density at radius 3 is 2.64 bits per heavy atom. The van der Waals surface area contributed by atoms with Crippen LogP contribution in [0.25, 0.3) is 28.1 Å². The predicted molar refractivity (Wildman–Crippen MR) is 143 cm³/mol. The highest BCUT2D eigenvalue weighted by molar-refractivity contribution is 5.79. The zero-order valence-corrected chi connectivity index (χ0v) is 20.7. The molecule has 0 radical (unpaired) electrons. The highest BCUT2D eigenvalue weighted by Crippen LogP contribution is 2.38. The van der Waals surface area contributed by atoms with Gasteiger partial charge in [0.1, 0.15) is 11.8 Å². The second kappa shape index (κ2) is 9.01. The van der Waals surface area contributed by atoms with E-state index in [-0.39, 0.29) is 11.7 Å². The standard InChI is InChI=1S/C29H22N8O2/c30-14-19-5-6-22-24(13-19)36(17-33-22)28-32-15-25-27(34-28)37(29(39)35(25)16-18-9-11-31-12-10-18)23-7-8-26(38)21-4-2-1-3-20(21)23/h1-6,9-13,15,17,23,26,38H,7-8,16H2/t23-,26-/m1/s1. The SMILES string of the molecule is N#Cc1ccc2ncn(-c3ncc4c(n3)n([C@@H]3CC[C@@H](O)c5ccccc53)c(=O)n4Cc3ccncc3)c2c1. The second-order valence-electron chi connectivity index (χ2n) is 9.64. The minimum absolute atomic E-state index is 0.202. The zero-order chi connectivity index (χ0) is 26.5. The molecule has 2 aromatic carbocycles. The van der Waals surface area contributed by atoms with Crippen molar-refractivity contribution in [1.29, 1.82) is 5.26 Å². The lowest BCUT2D eigenvalue weighted by Crippen LogP contribution is -2.31. The largest absolute Gasteiger partial charge is 0.388 e. The number of aliphatic hydroxyl groups is 1. The Labute approximate surface area is 222 Å². The molecule has 0 spiro atoms. The van der Waals surface area contributed by atoms with Crippen LogP contribution in [0, 0.1) is 11.3 Å². The Morgan fingerprint density at radius 1 is 1.00 bits per heavy atom. The van der Waals surface area contributed by atoms with E-state index in [2.05, 4.69) is 21.0 Å². The van der Waals surface area contributed by atoms with Gasteiger partial charge in [-0.25, -0.2) is 14.8 Å². The normalized spacial score (nSPS) is 16.8. The Balaban J connectivity index is 1.47. The van der Waals surface area contributed by atoms with Crippen LogP contribution in [-0.4, -0.2) is 38.7 Å². The first-order valence-electron chi connectivity index (χ1n) is 12.6. The number of imidazole rings is 2. The van der Waals surface area contributed by atoms with Gasteiger partial charge in [0, 0.05) is 12.4 Å². The number of pyridine rings is 1. The lowest BCUT2D eigenvalue weighted by Gasteiger charge is -2.29. The molecule has 6 aromatic rings. The summed E-state index contributed by atoms with van der Waals surface area (Å²) in [6.07, 6.45) is 7.24. The van der Waals surface area contributed by atoms with E-state index < -0.39 is 6.10 Å². The summed E-state index contributed by atoms with van der Waals surface area (Å²) in [4.78, 5) is 32.2. The van der Waals surface area contributed by atoms with E-state index in [9.17, 15) is 15.2 Å². The average molecular weight is 515 g/mol. The Hall–Kier alpha value is -5.14. The minimum atomic E-state index is -0.574. The first-order valence-corrected chi connectivity index (χ1v) is 12.6. The molecular weight excluding hydrogens is 492 g/mol. The number of aromatic nitrogens is 7. The van der Waals surface area contributed by atoms with E-state index in [0.29, 0.717) is 53.1 Å². The van der Waals surface area contributed by atoms with Crippen LogP contribution < -0.4 is 5.69 Å². The number of aliphatic hydroxyl groups excluding tert-OH is 1. The van der Waals surface area contributed by atoms with Crippen LogP contribution >= 0.6 is 0 Å². The molecule has 10 nitrogen and oxygen atoms in total. The second-order valence-corrected chi connectivity index (χ2v) is 9.64. The van der Waals surface area contributed by atoms with Crippen molar-refractivity contribution in [3.63, 3.8) is 0 Å². The third-order valence-electron chi connectivity index (χ3n) is 7.41. The van der Waals surface area contributed by atoms with Gasteiger partial charge in [-0.05, 0) is 59.9 Å². The molecule has 190 valence electrons. The van der Waals surface area contributed by atoms with E-state index in [1.165, 1.54) is 0 Å². The molecule has 1 aliphatic rings. The monoisotopic (exact) mass is 514 g/mol. The summed E-state index contributed by atoms with van der Waals surface area (Å²) in [5.74, 6) is 0.346. The van der Waals surface area contributed by atoms with Gasteiger partial charge in [-0.1, -0.05) is 24.3 Å². The van der Waals surface area contributed by atoms with Gasteiger partial charge < -0.3 is 5.11 Å². The maximum Gasteiger partial charge on any atom is 0.331 e. The highest BCUT2D eigenvalue weighted by atomic mass is 16.3. The van der Waals surface area contributed by atoms with Crippen LogP contribution in [0.5, 0.6) is 0 Å². The van der Waals surface area contributed by atoms with Gasteiger partial charge in [-0.2, -0.15) is 10.2 Å². The van der Waals surface area contributed by atoms with E-state index in [0.717, 1.165) is 16.7 Å². The summed E-state index contributed by atoms with van der Waals surface area (Å²) in [6, 6.07) is 18.6. The van der Waals surface area contributed by atoms with E-state index in [1.807, 2.05) is 36.4 Å². The number of nitrogens with zero attached hydrogens (tertiary/aromatic N) is 8. The van der Waals surface area contributed by atoms with Crippen LogP contribution in [0.15, 0.2) is 84.3 Å². The summed E-state index contributed by atoms with van der Waals surface area (Å²) in [5.41, 5.74) is 5.47. The van der Waals surface area contributed by atoms with E-state index >= 15 is 0 Å². The molecule has 1 N–H and O–H groups in total. The molecular formula is C29H22N8O2. The average Bonchev–Trinajstić information content (AvgIpc) is 3.52. The van der Waals surface area contributed by atoms with Crippen LogP contribution in [0.1, 0.15) is 47.2 Å². The molecule has 1 aliphatic carbocycles. The van der Waals surface area contributed by atoms with Gasteiger partial charge in [0.2, 0.25) is 5.95 Å². The third-order valence-corrected chi connectivity index (χ3v) is 7.41. The van der Waals surface area contributed by atoms with Crippen LogP contribution in [0.2, 0.25) is 0 Å². The Bertz CT molecular complexity index is 1970. The summed E-state index contributed by atoms with van der Waals surface area (Å²) < 4.78 is 5.14. The van der Waals surface area contributed by atoms with Crippen molar-refractivity contribution < 1.29 is 5.11 Å². The molecule has 4 heterocycles. The Kier molecular flexibility index (Phi) is 5.31. The van der Waals surface area contributed by atoms with Gasteiger partial charge in [-0.3, -0.25) is 18.7 Å². The van der Waals surface area contributed by atoms with Crippen molar-refractivity contribution >= 4 is 22.2 Å². The number of nitriles is 1. The minimum Gasteiger partial charge on any atom is -0.388 e. The van der Waals surface area contributed by atoms with Crippen molar-refractivity contribution in [2.75, 3.05) is 0 Å². The zero-order valence-electron chi connectivity index (χ0n) is 20.7. The first-order chi connectivity index (χ1) is 19.1. The number of fused-ring (bicyclic) bond motifs is 3. The molecule has 0 unspecified atom stereocenters. The molecule has 39 heavy (non-hydrogen) atoms. The molecule has 2 atom stereocenters. The topological polar surface area (TPSA) is 127 Å². The fraction of sp³-hybridized carbons (Fsp3) is 0.172. The summed E-state index contributed by atoms with van der Waals surface area (Å²) in [7, 11) is 0. The summed E-state index contributed by atoms with van der Waals surface area (Å²) in [6.45, 7) is 0.337.